The number of nitrogens with zero attached hydrogens (tertiary/aromatic N) is 3. The van der Waals surface area contributed by atoms with Gasteiger partial charge in [0.05, 0.1) is 10.5 Å². The second kappa shape index (κ2) is 7.66. The van der Waals surface area contributed by atoms with Gasteiger partial charge in [0.15, 0.2) is 5.82 Å². The number of nitrogens with one attached hydrogen (secondary N) is 1. The Kier molecular flexibility index (Phi) is 6.08. The zero-order valence-electron chi connectivity index (χ0n) is 13.6. The molecular formula is C15H22BrClN4O2. The Balaban J connectivity index is 2.24. The highest BCUT2D eigenvalue weighted by Gasteiger charge is 2.28. The molecular weight excluding hydrogens is 384 g/mol. The molecule has 23 heavy (non-hydrogen) atoms. The number of halogens is 2. The minimum atomic E-state index is -0.567. The number of hydrogen-bond donors (Lipinski definition) is 1. The van der Waals surface area contributed by atoms with Crippen LogP contribution in [0.15, 0.2) is 10.7 Å². The molecule has 0 aromatic carbocycles. The van der Waals surface area contributed by atoms with Crippen LogP contribution in [0.1, 0.15) is 52.9 Å². The molecule has 1 heterocycles. The first-order valence-corrected chi connectivity index (χ1v) is 8.90. The second-order valence-corrected chi connectivity index (χ2v) is 7.78. The highest BCUT2D eigenvalue weighted by atomic mass is 79.9. The van der Waals surface area contributed by atoms with E-state index in [1.807, 2.05) is 20.8 Å². The summed E-state index contributed by atoms with van der Waals surface area (Å²) in [5.74, 6) is 0.544. The van der Waals surface area contributed by atoms with Crippen molar-refractivity contribution in [1.29, 1.82) is 0 Å². The monoisotopic (exact) mass is 404 g/mol. The van der Waals surface area contributed by atoms with E-state index < -0.39 is 11.7 Å². The fourth-order valence-corrected chi connectivity index (χ4v) is 3.07. The minimum absolute atomic E-state index is 0.134. The number of aromatic nitrogens is 2. The Bertz CT molecular complexity index is 559. The number of anilines is 1. The molecule has 8 heteroatoms. The Morgan fingerprint density at radius 2 is 2.04 bits per heavy atom. The third-order valence-electron chi connectivity index (χ3n) is 3.47. The molecule has 0 saturated heterocycles. The molecule has 1 amide bonds. The van der Waals surface area contributed by atoms with Crippen molar-refractivity contribution in [2.75, 3.05) is 5.01 Å². The molecule has 1 fully saturated rings. The summed E-state index contributed by atoms with van der Waals surface area (Å²) >= 11 is 9.36. The lowest BCUT2D eigenvalue weighted by Gasteiger charge is -2.35. The normalized spacial score (nSPS) is 16.0. The summed E-state index contributed by atoms with van der Waals surface area (Å²) in [6, 6.07) is 0.151. The molecule has 6 nitrogen and oxygen atoms in total. The first-order valence-electron chi connectivity index (χ1n) is 7.73. The molecule has 1 aliphatic rings. The molecule has 1 aromatic heterocycles. The van der Waals surface area contributed by atoms with Crippen molar-refractivity contribution < 1.29 is 9.53 Å². The lowest BCUT2D eigenvalue weighted by Crippen LogP contribution is -2.51. The van der Waals surface area contributed by atoms with E-state index in [-0.39, 0.29) is 11.3 Å². The summed E-state index contributed by atoms with van der Waals surface area (Å²) in [4.78, 5) is 20.4. The number of rotatable bonds is 3. The molecule has 1 saturated carbocycles. The van der Waals surface area contributed by atoms with Crippen LogP contribution < -0.4 is 10.4 Å². The van der Waals surface area contributed by atoms with E-state index in [2.05, 4.69) is 31.3 Å². The predicted octanol–water partition coefficient (Wildman–Crippen LogP) is 4.47. The molecule has 1 aromatic rings. The van der Waals surface area contributed by atoms with Crippen molar-refractivity contribution >= 4 is 39.4 Å². The maximum atomic E-state index is 12.2. The summed E-state index contributed by atoms with van der Waals surface area (Å²) in [6.07, 6.45) is 6.47. The number of carbonyl (C=O) groups is 1. The van der Waals surface area contributed by atoms with Crippen molar-refractivity contribution in [1.82, 2.24) is 15.4 Å². The molecule has 128 valence electrons. The highest BCUT2D eigenvalue weighted by molar-refractivity contribution is 9.10. The van der Waals surface area contributed by atoms with Crippen molar-refractivity contribution in [3.63, 3.8) is 0 Å². The molecule has 0 unspecified atom stereocenters. The van der Waals surface area contributed by atoms with Gasteiger partial charge in [0.1, 0.15) is 5.60 Å². The van der Waals surface area contributed by atoms with Crippen molar-refractivity contribution in [2.24, 2.45) is 0 Å². The zero-order valence-corrected chi connectivity index (χ0v) is 15.9. The van der Waals surface area contributed by atoms with E-state index in [1.165, 1.54) is 6.42 Å². The van der Waals surface area contributed by atoms with Gasteiger partial charge in [-0.15, -0.1) is 0 Å². The van der Waals surface area contributed by atoms with Crippen LogP contribution in [-0.4, -0.2) is 27.7 Å². The van der Waals surface area contributed by atoms with Crippen LogP contribution in [0.4, 0.5) is 10.6 Å². The summed E-state index contributed by atoms with van der Waals surface area (Å²) < 4.78 is 6.04. The molecule has 0 bridgehead atoms. The average Bonchev–Trinajstić information content (AvgIpc) is 2.47. The van der Waals surface area contributed by atoms with Crippen LogP contribution in [-0.2, 0) is 4.74 Å². The van der Waals surface area contributed by atoms with E-state index in [1.54, 1.807) is 11.2 Å². The van der Waals surface area contributed by atoms with Crippen LogP contribution in [0, 0.1) is 0 Å². The lowest BCUT2D eigenvalue weighted by molar-refractivity contribution is 0.0511. The van der Waals surface area contributed by atoms with Gasteiger partial charge in [-0.05, 0) is 61.1 Å². The van der Waals surface area contributed by atoms with E-state index in [0.717, 1.165) is 25.7 Å². The fourth-order valence-electron chi connectivity index (χ4n) is 2.56. The van der Waals surface area contributed by atoms with Gasteiger partial charge < -0.3 is 4.74 Å². The van der Waals surface area contributed by atoms with Gasteiger partial charge in [-0.3, -0.25) is 5.01 Å². The van der Waals surface area contributed by atoms with Gasteiger partial charge in [-0.25, -0.2) is 15.2 Å². The van der Waals surface area contributed by atoms with Crippen LogP contribution >= 0.6 is 27.5 Å². The van der Waals surface area contributed by atoms with E-state index >= 15 is 0 Å². The van der Waals surface area contributed by atoms with Gasteiger partial charge >= 0.3 is 6.09 Å². The number of carbonyl (C=O) groups excluding carboxylic acids is 1. The zero-order chi connectivity index (χ0) is 17.0. The highest BCUT2D eigenvalue weighted by Crippen LogP contribution is 2.30. The number of hydrogen-bond acceptors (Lipinski definition) is 5. The number of ether oxygens (including phenoxy) is 1. The molecule has 2 rings (SSSR count). The second-order valence-electron chi connectivity index (χ2n) is 6.59. The van der Waals surface area contributed by atoms with Gasteiger partial charge in [0, 0.05) is 6.20 Å². The molecule has 0 atom stereocenters. The largest absolute Gasteiger partial charge is 0.443 e. The summed E-state index contributed by atoms with van der Waals surface area (Å²) in [6.45, 7) is 5.49. The Morgan fingerprint density at radius 1 is 1.39 bits per heavy atom. The topological polar surface area (TPSA) is 67.3 Å². The van der Waals surface area contributed by atoms with Crippen molar-refractivity contribution in [3.8, 4) is 0 Å². The maximum Gasteiger partial charge on any atom is 0.426 e. The SMILES string of the molecule is CC(C)(C)OC(=O)NN(c1nc(Cl)ncc1Br)C1CCCCC1. The first-order chi connectivity index (χ1) is 10.8. The predicted molar refractivity (Wildman–Crippen MR) is 93.5 cm³/mol. The third kappa shape index (κ3) is 5.49. The smallest absolute Gasteiger partial charge is 0.426 e. The summed E-state index contributed by atoms with van der Waals surface area (Å²) in [5, 5.41) is 1.89. The van der Waals surface area contributed by atoms with Crippen LogP contribution in [0.2, 0.25) is 5.28 Å². The first kappa shape index (κ1) is 18.3. The Hall–Kier alpha value is -1.08. The van der Waals surface area contributed by atoms with Gasteiger partial charge in [-0.2, -0.15) is 4.98 Å². The molecule has 1 aliphatic carbocycles. The van der Waals surface area contributed by atoms with Gasteiger partial charge in [-0.1, -0.05) is 19.3 Å². The fraction of sp³-hybridized carbons (Fsp3) is 0.667. The quantitative estimate of drug-likeness (QED) is 0.593. The molecule has 0 radical (unpaired) electrons. The van der Waals surface area contributed by atoms with Crippen LogP contribution in [0.3, 0.4) is 0 Å². The summed E-state index contributed by atoms with van der Waals surface area (Å²) in [7, 11) is 0. The minimum Gasteiger partial charge on any atom is -0.443 e. The van der Waals surface area contributed by atoms with Gasteiger partial charge in [0.2, 0.25) is 5.28 Å². The van der Waals surface area contributed by atoms with E-state index in [9.17, 15) is 4.79 Å². The molecule has 0 aliphatic heterocycles. The van der Waals surface area contributed by atoms with E-state index in [4.69, 9.17) is 16.3 Å². The van der Waals surface area contributed by atoms with Crippen molar-refractivity contribution in [3.05, 3.63) is 16.0 Å². The van der Waals surface area contributed by atoms with E-state index in [0.29, 0.717) is 10.3 Å². The van der Waals surface area contributed by atoms with Crippen LogP contribution in [0.5, 0.6) is 0 Å². The number of hydrazine groups is 1. The van der Waals surface area contributed by atoms with Crippen molar-refractivity contribution in [2.45, 2.75) is 64.5 Å². The number of amides is 1. The lowest BCUT2D eigenvalue weighted by atomic mass is 9.95. The average molecular weight is 406 g/mol. The standard InChI is InChI=1S/C15H22BrClN4O2/c1-15(2,3)23-14(22)20-21(10-7-5-4-6-8-10)12-11(16)9-18-13(17)19-12/h9-10H,4-8H2,1-3H3,(H,20,22). The summed E-state index contributed by atoms with van der Waals surface area (Å²) in [5.41, 5.74) is 2.25. The third-order valence-corrected chi connectivity index (χ3v) is 4.22. The van der Waals surface area contributed by atoms with Crippen LogP contribution in [0.25, 0.3) is 0 Å². The van der Waals surface area contributed by atoms with Gasteiger partial charge in [0.25, 0.3) is 0 Å². The Morgan fingerprint density at radius 3 is 2.65 bits per heavy atom. The molecule has 0 spiro atoms. The Labute approximate surface area is 150 Å². The molecule has 1 N–H and O–H groups in total. The maximum absolute atomic E-state index is 12.2.